The Balaban J connectivity index is 2.04. The van der Waals surface area contributed by atoms with Crippen molar-refractivity contribution in [1.29, 1.82) is 0 Å². The molecule has 2 heterocycles. The normalized spacial score (nSPS) is 11.2. The second-order valence-corrected chi connectivity index (χ2v) is 6.52. The molecule has 0 spiro atoms. The smallest absolute Gasteiger partial charge is 0.158 e. The minimum absolute atomic E-state index is 0.493. The molecule has 0 aliphatic carbocycles. The summed E-state index contributed by atoms with van der Waals surface area (Å²) in [7, 11) is 1.91. The highest BCUT2D eigenvalue weighted by molar-refractivity contribution is 7.18. The minimum Gasteiger partial charge on any atom is -0.373 e. The van der Waals surface area contributed by atoms with Crippen LogP contribution in [0.15, 0.2) is 0 Å². The first-order chi connectivity index (χ1) is 10.2. The summed E-state index contributed by atoms with van der Waals surface area (Å²) in [6.07, 6.45) is 4.89. The second kappa shape index (κ2) is 7.71. The van der Waals surface area contributed by atoms with Gasteiger partial charge in [0.05, 0.1) is 5.39 Å². The Morgan fingerprint density at radius 1 is 1.14 bits per heavy atom. The third kappa shape index (κ3) is 3.92. The zero-order chi connectivity index (χ0) is 15.2. The molecule has 5 heteroatoms. The van der Waals surface area contributed by atoms with Crippen LogP contribution in [0.1, 0.15) is 48.9 Å². The molecule has 4 nitrogen and oxygen atoms in total. The number of aromatic nitrogens is 2. The fourth-order valence-corrected chi connectivity index (χ4v) is 3.38. The standard InChI is InChI=1S/C16H25N3OS/c1-5-6-7-8-9-20-10-13-18-15(17-4)14-11(2)12(3)21-16(14)19-13/h5-10H2,1-4H3,(H,17,18,19). The number of fused-ring (bicyclic) bond motifs is 1. The highest BCUT2D eigenvalue weighted by Crippen LogP contribution is 2.33. The third-order valence-electron chi connectivity index (χ3n) is 3.69. The van der Waals surface area contributed by atoms with Crippen molar-refractivity contribution in [2.75, 3.05) is 19.0 Å². The molecule has 0 radical (unpaired) electrons. The first-order valence-corrected chi connectivity index (χ1v) is 8.51. The molecule has 21 heavy (non-hydrogen) atoms. The van der Waals surface area contributed by atoms with Crippen molar-refractivity contribution in [3.63, 3.8) is 0 Å². The van der Waals surface area contributed by atoms with Crippen LogP contribution in [0.5, 0.6) is 0 Å². The van der Waals surface area contributed by atoms with Gasteiger partial charge in [0.2, 0.25) is 0 Å². The predicted molar refractivity (Wildman–Crippen MR) is 90.2 cm³/mol. The summed E-state index contributed by atoms with van der Waals surface area (Å²) in [6.45, 7) is 7.76. The number of thiophene rings is 1. The number of hydrogen-bond acceptors (Lipinski definition) is 5. The maximum absolute atomic E-state index is 5.70. The van der Waals surface area contributed by atoms with Gasteiger partial charge in [0.25, 0.3) is 0 Å². The van der Waals surface area contributed by atoms with Gasteiger partial charge < -0.3 is 10.1 Å². The average Bonchev–Trinajstić information content (AvgIpc) is 2.77. The summed E-state index contributed by atoms with van der Waals surface area (Å²) in [5.41, 5.74) is 1.27. The highest BCUT2D eigenvalue weighted by atomic mass is 32.1. The van der Waals surface area contributed by atoms with Crippen molar-refractivity contribution < 1.29 is 4.74 Å². The van der Waals surface area contributed by atoms with Crippen LogP contribution in [-0.2, 0) is 11.3 Å². The Hall–Kier alpha value is -1.20. The molecule has 2 aromatic heterocycles. The summed E-state index contributed by atoms with van der Waals surface area (Å²) >= 11 is 1.73. The topological polar surface area (TPSA) is 47.0 Å². The molecule has 0 aliphatic heterocycles. The van der Waals surface area contributed by atoms with E-state index in [2.05, 4.69) is 36.1 Å². The Morgan fingerprint density at radius 2 is 1.95 bits per heavy atom. The van der Waals surface area contributed by atoms with E-state index in [0.717, 1.165) is 34.9 Å². The Bertz CT molecular complexity index is 595. The van der Waals surface area contributed by atoms with E-state index >= 15 is 0 Å². The molecular formula is C16H25N3OS. The van der Waals surface area contributed by atoms with E-state index in [1.807, 2.05) is 7.05 Å². The zero-order valence-corrected chi connectivity index (χ0v) is 14.3. The van der Waals surface area contributed by atoms with Gasteiger partial charge in [-0.2, -0.15) is 0 Å². The lowest BCUT2D eigenvalue weighted by Gasteiger charge is -2.07. The number of ether oxygens (including phenoxy) is 1. The molecule has 0 atom stereocenters. The maximum Gasteiger partial charge on any atom is 0.158 e. The maximum atomic E-state index is 5.70. The van der Waals surface area contributed by atoms with Gasteiger partial charge in [0.15, 0.2) is 5.82 Å². The van der Waals surface area contributed by atoms with E-state index in [9.17, 15) is 0 Å². The molecule has 0 saturated carbocycles. The van der Waals surface area contributed by atoms with Gasteiger partial charge in [0, 0.05) is 18.5 Å². The molecule has 2 aromatic rings. The van der Waals surface area contributed by atoms with E-state index in [1.54, 1.807) is 11.3 Å². The molecule has 2 rings (SSSR count). The number of nitrogens with zero attached hydrogens (tertiary/aromatic N) is 2. The highest BCUT2D eigenvalue weighted by Gasteiger charge is 2.13. The number of aryl methyl sites for hydroxylation is 2. The zero-order valence-electron chi connectivity index (χ0n) is 13.5. The Labute approximate surface area is 131 Å². The monoisotopic (exact) mass is 307 g/mol. The van der Waals surface area contributed by atoms with Gasteiger partial charge in [-0.15, -0.1) is 11.3 Å². The number of rotatable bonds is 8. The summed E-state index contributed by atoms with van der Waals surface area (Å²) in [5, 5.41) is 4.33. The van der Waals surface area contributed by atoms with E-state index < -0.39 is 0 Å². The molecule has 0 fully saturated rings. The van der Waals surface area contributed by atoms with E-state index in [4.69, 9.17) is 4.74 Å². The van der Waals surface area contributed by atoms with Crippen LogP contribution in [0.25, 0.3) is 10.2 Å². The number of nitrogens with one attached hydrogen (secondary N) is 1. The lowest BCUT2D eigenvalue weighted by atomic mass is 10.2. The fraction of sp³-hybridized carbons (Fsp3) is 0.625. The van der Waals surface area contributed by atoms with Gasteiger partial charge in [-0.25, -0.2) is 9.97 Å². The van der Waals surface area contributed by atoms with E-state index in [0.29, 0.717) is 6.61 Å². The molecule has 0 aromatic carbocycles. The van der Waals surface area contributed by atoms with Crippen molar-refractivity contribution in [3.8, 4) is 0 Å². The fourth-order valence-electron chi connectivity index (χ4n) is 2.33. The number of hydrogen-bond donors (Lipinski definition) is 1. The summed E-state index contributed by atoms with van der Waals surface area (Å²) in [4.78, 5) is 11.6. The molecule has 116 valence electrons. The molecule has 0 amide bonds. The largest absolute Gasteiger partial charge is 0.373 e. The van der Waals surface area contributed by atoms with E-state index in [-0.39, 0.29) is 0 Å². The van der Waals surface area contributed by atoms with Crippen LogP contribution in [0.2, 0.25) is 0 Å². The third-order valence-corrected chi connectivity index (χ3v) is 4.79. The lowest BCUT2D eigenvalue weighted by Crippen LogP contribution is -2.04. The first-order valence-electron chi connectivity index (χ1n) is 7.69. The van der Waals surface area contributed by atoms with Gasteiger partial charge >= 0.3 is 0 Å². The Kier molecular flexibility index (Phi) is 5.94. The summed E-state index contributed by atoms with van der Waals surface area (Å²) in [6, 6.07) is 0. The molecule has 0 unspecified atom stereocenters. The lowest BCUT2D eigenvalue weighted by molar-refractivity contribution is 0.112. The van der Waals surface area contributed by atoms with Crippen molar-refractivity contribution in [2.45, 2.75) is 53.1 Å². The van der Waals surface area contributed by atoms with Crippen molar-refractivity contribution in [3.05, 3.63) is 16.3 Å². The van der Waals surface area contributed by atoms with Crippen LogP contribution in [-0.4, -0.2) is 23.6 Å². The minimum atomic E-state index is 0.493. The van der Waals surface area contributed by atoms with Crippen molar-refractivity contribution in [2.24, 2.45) is 0 Å². The second-order valence-electron chi connectivity index (χ2n) is 5.32. The molecular weight excluding hydrogens is 282 g/mol. The van der Waals surface area contributed by atoms with Crippen LogP contribution >= 0.6 is 11.3 Å². The first kappa shape index (κ1) is 16.2. The van der Waals surface area contributed by atoms with Crippen LogP contribution < -0.4 is 5.32 Å². The predicted octanol–water partition coefficient (Wildman–Crippen LogP) is 4.45. The number of anilines is 1. The molecule has 0 aliphatic rings. The molecule has 0 saturated heterocycles. The average molecular weight is 307 g/mol. The van der Waals surface area contributed by atoms with Crippen LogP contribution in [0.4, 0.5) is 5.82 Å². The van der Waals surface area contributed by atoms with Crippen LogP contribution in [0.3, 0.4) is 0 Å². The van der Waals surface area contributed by atoms with E-state index in [1.165, 1.54) is 29.7 Å². The summed E-state index contributed by atoms with van der Waals surface area (Å²) < 4.78 is 5.70. The van der Waals surface area contributed by atoms with Gasteiger partial charge in [-0.1, -0.05) is 26.2 Å². The van der Waals surface area contributed by atoms with Gasteiger partial charge in [-0.3, -0.25) is 0 Å². The van der Waals surface area contributed by atoms with Crippen molar-refractivity contribution >= 4 is 27.4 Å². The molecule has 1 N–H and O–H groups in total. The SMILES string of the molecule is CCCCCCOCc1nc(NC)c2c(C)c(C)sc2n1. The van der Waals surface area contributed by atoms with Gasteiger partial charge in [-0.05, 0) is 25.8 Å². The summed E-state index contributed by atoms with van der Waals surface area (Å²) in [5.74, 6) is 1.68. The van der Waals surface area contributed by atoms with Gasteiger partial charge in [0.1, 0.15) is 17.3 Å². The molecule has 0 bridgehead atoms. The quantitative estimate of drug-likeness (QED) is 0.732. The number of unbranched alkanes of at least 4 members (excludes halogenated alkanes) is 3. The van der Waals surface area contributed by atoms with Crippen molar-refractivity contribution in [1.82, 2.24) is 9.97 Å². The Morgan fingerprint density at radius 3 is 2.67 bits per heavy atom. The van der Waals surface area contributed by atoms with Crippen LogP contribution in [0, 0.1) is 13.8 Å².